The highest BCUT2D eigenvalue weighted by molar-refractivity contribution is 5.08. The Morgan fingerprint density at radius 2 is 2.31 bits per heavy atom. The summed E-state index contributed by atoms with van der Waals surface area (Å²) in [5, 5.41) is 8.05. The summed E-state index contributed by atoms with van der Waals surface area (Å²) in [6.45, 7) is 7.72. The zero-order valence-electron chi connectivity index (χ0n) is 10.9. The molecular weight excluding hydrogens is 198 g/mol. The third kappa shape index (κ3) is 2.29. The van der Waals surface area contributed by atoms with Gasteiger partial charge in [-0.25, -0.2) is 0 Å². The van der Waals surface area contributed by atoms with Crippen molar-refractivity contribution in [1.29, 1.82) is 0 Å². The molecule has 1 N–H and O–H groups in total. The van der Waals surface area contributed by atoms with Crippen molar-refractivity contribution in [3.05, 3.63) is 17.5 Å². The maximum absolute atomic E-state index is 4.37. The van der Waals surface area contributed by atoms with E-state index in [9.17, 15) is 0 Å². The maximum Gasteiger partial charge on any atom is 0.0597 e. The van der Waals surface area contributed by atoms with Crippen molar-refractivity contribution < 1.29 is 0 Å². The van der Waals surface area contributed by atoms with Gasteiger partial charge in [0.15, 0.2) is 0 Å². The summed E-state index contributed by atoms with van der Waals surface area (Å²) < 4.78 is 1.98. The summed E-state index contributed by atoms with van der Waals surface area (Å²) in [6.07, 6.45) is 4.01. The van der Waals surface area contributed by atoms with E-state index in [4.69, 9.17) is 0 Å². The molecule has 3 nitrogen and oxygen atoms in total. The van der Waals surface area contributed by atoms with Gasteiger partial charge in [-0.2, -0.15) is 5.10 Å². The molecule has 0 spiro atoms. The lowest BCUT2D eigenvalue weighted by molar-refractivity contribution is 0.281. The van der Waals surface area contributed by atoms with Gasteiger partial charge >= 0.3 is 0 Å². The summed E-state index contributed by atoms with van der Waals surface area (Å²) in [5.41, 5.74) is 2.83. The van der Waals surface area contributed by atoms with Gasteiger partial charge in [0.2, 0.25) is 0 Å². The molecule has 2 rings (SSSR count). The lowest BCUT2D eigenvalue weighted by Crippen LogP contribution is -2.37. The fourth-order valence-corrected chi connectivity index (χ4v) is 2.76. The van der Waals surface area contributed by atoms with E-state index in [0.29, 0.717) is 11.5 Å². The molecule has 3 heteroatoms. The second kappa shape index (κ2) is 4.21. The Hall–Kier alpha value is -0.830. The molecule has 1 fully saturated rings. The van der Waals surface area contributed by atoms with Crippen LogP contribution in [0.1, 0.15) is 44.5 Å². The fraction of sp³-hybridized carbons (Fsp3) is 0.769. The van der Waals surface area contributed by atoms with Crippen molar-refractivity contribution in [2.45, 2.75) is 52.6 Å². The number of nitrogens with zero attached hydrogens (tertiary/aromatic N) is 2. The van der Waals surface area contributed by atoms with Crippen LogP contribution in [0, 0.1) is 12.3 Å². The highest BCUT2D eigenvalue weighted by Crippen LogP contribution is 2.37. The Morgan fingerprint density at radius 3 is 2.81 bits per heavy atom. The average molecular weight is 221 g/mol. The largest absolute Gasteiger partial charge is 0.308 e. The zero-order chi connectivity index (χ0) is 11.8. The van der Waals surface area contributed by atoms with Gasteiger partial charge in [0, 0.05) is 19.6 Å². The maximum atomic E-state index is 4.37. The zero-order valence-corrected chi connectivity index (χ0v) is 10.9. The fourth-order valence-electron chi connectivity index (χ4n) is 2.76. The molecule has 1 heterocycles. The molecule has 1 aliphatic rings. The molecule has 0 aromatic carbocycles. The van der Waals surface area contributed by atoms with Crippen LogP contribution in [0.15, 0.2) is 6.07 Å². The Balaban J connectivity index is 1.95. The monoisotopic (exact) mass is 221 g/mol. The first kappa shape index (κ1) is 11.6. The molecule has 0 aliphatic heterocycles. The third-order valence-corrected chi connectivity index (χ3v) is 3.89. The average Bonchev–Trinajstić information content (AvgIpc) is 2.66. The second-order valence-electron chi connectivity index (χ2n) is 5.71. The van der Waals surface area contributed by atoms with Crippen molar-refractivity contribution in [2.24, 2.45) is 12.5 Å². The minimum absolute atomic E-state index is 0.452. The van der Waals surface area contributed by atoms with Gasteiger partial charge in [0.1, 0.15) is 0 Å². The van der Waals surface area contributed by atoms with Gasteiger partial charge in [-0.05, 0) is 31.2 Å². The van der Waals surface area contributed by atoms with Crippen LogP contribution in [0.5, 0.6) is 0 Å². The summed E-state index contributed by atoms with van der Waals surface area (Å²) in [6, 6.07) is 2.82. The number of nitrogens with one attached hydrogen (secondary N) is 1. The van der Waals surface area contributed by atoms with E-state index >= 15 is 0 Å². The quantitative estimate of drug-likeness (QED) is 0.849. The van der Waals surface area contributed by atoms with Crippen LogP contribution in [0.2, 0.25) is 0 Å². The van der Waals surface area contributed by atoms with Crippen LogP contribution in [0.3, 0.4) is 0 Å². The molecule has 0 saturated heterocycles. The van der Waals surface area contributed by atoms with Gasteiger partial charge in [0.25, 0.3) is 0 Å². The van der Waals surface area contributed by atoms with Gasteiger partial charge in [-0.3, -0.25) is 4.68 Å². The van der Waals surface area contributed by atoms with Gasteiger partial charge in [-0.15, -0.1) is 0 Å². The predicted octanol–water partition coefficient (Wildman–Crippen LogP) is 2.40. The molecule has 0 bridgehead atoms. The lowest BCUT2D eigenvalue weighted by atomic mass is 9.87. The molecule has 1 aromatic rings. The van der Waals surface area contributed by atoms with E-state index in [1.165, 1.54) is 25.0 Å². The number of hydrogen-bond donors (Lipinski definition) is 1. The normalized spacial score (nSPS) is 23.9. The van der Waals surface area contributed by atoms with Crippen molar-refractivity contribution in [2.75, 3.05) is 0 Å². The van der Waals surface area contributed by atoms with Crippen LogP contribution in [-0.4, -0.2) is 15.8 Å². The molecule has 0 radical (unpaired) electrons. The highest BCUT2D eigenvalue weighted by atomic mass is 15.3. The number of aryl methyl sites for hydroxylation is 2. The van der Waals surface area contributed by atoms with Crippen molar-refractivity contribution in [1.82, 2.24) is 15.1 Å². The summed E-state index contributed by atoms with van der Waals surface area (Å²) in [4.78, 5) is 0. The molecule has 0 amide bonds. The molecule has 1 aliphatic carbocycles. The van der Waals surface area contributed by atoms with Gasteiger partial charge < -0.3 is 5.32 Å². The van der Waals surface area contributed by atoms with Crippen molar-refractivity contribution in [3.8, 4) is 0 Å². The number of aromatic nitrogens is 2. The first-order valence-electron chi connectivity index (χ1n) is 6.22. The SMILES string of the molecule is Cc1cc(CNC2CCCC2(C)C)n(C)n1. The highest BCUT2D eigenvalue weighted by Gasteiger charge is 2.33. The van der Waals surface area contributed by atoms with E-state index < -0.39 is 0 Å². The van der Waals surface area contributed by atoms with Crippen LogP contribution < -0.4 is 5.32 Å². The smallest absolute Gasteiger partial charge is 0.0597 e. The Morgan fingerprint density at radius 1 is 1.56 bits per heavy atom. The summed E-state index contributed by atoms with van der Waals surface area (Å²) >= 11 is 0. The summed E-state index contributed by atoms with van der Waals surface area (Å²) in [7, 11) is 2.02. The topological polar surface area (TPSA) is 29.9 Å². The second-order valence-corrected chi connectivity index (χ2v) is 5.71. The van der Waals surface area contributed by atoms with E-state index in [-0.39, 0.29) is 0 Å². The molecular formula is C13H23N3. The minimum Gasteiger partial charge on any atom is -0.308 e. The Bertz CT molecular complexity index is 365. The standard InChI is InChI=1S/C13H23N3/c1-10-8-11(16(4)15-10)9-14-12-6-5-7-13(12,2)3/h8,12,14H,5-7,9H2,1-4H3. The Labute approximate surface area is 98.2 Å². The minimum atomic E-state index is 0.452. The number of hydrogen-bond acceptors (Lipinski definition) is 2. The van der Waals surface area contributed by atoms with Crippen molar-refractivity contribution >= 4 is 0 Å². The van der Waals surface area contributed by atoms with Crippen molar-refractivity contribution in [3.63, 3.8) is 0 Å². The molecule has 1 unspecified atom stereocenters. The Kier molecular flexibility index (Phi) is 3.06. The predicted molar refractivity (Wildman–Crippen MR) is 66.2 cm³/mol. The van der Waals surface area contributed by atoms with Gasteiger partial charge in [0.05, 0.1) is 11.4 Å². The van der Waals surface area contributed by atoms with E-state index in [1.807, 2.05) is 18.7 Å². The molecule has 90 valence electrons. The molecule has 1 atom stereocenters. The van der Waals surface area contributed by atoms with E-state index in [2.05, 4.69) is 30.3 Å². The third-order valence-electron chi connectivity index (χ3n) is 3.89. The molecule has 1 aromatic heterocycles. The summed E-state index contributed by atoms with van der Waals surface area (Å²) in [5.74, 6) is 0. The lowest BCUT2D eigenvalue weighted by Gasteiger charge is -2.27. The van der Waals surface area contributed by atoms with Gasteiger partial charge in [-0.1, -0.05) is 20.3 Å². The van der Waals surface area contributed by atoms with Crippen LogP contribution in [0.25, 0.3) is 0 Å². The number of rotatable bonds is 3. The van der Waals surface area contributed by atoms with E-state index in [0.717, 1.165) is 12.2 Å². The first-order chi connectivity index (χ1) is 7.49. The van der Waals surface area contributed by atoms with E-state index in [1.54, 1.807) is 0 Å². The first-order valence-corrected chi connectivity index (χ1v) is 6.22. The molecule has 16 heavy (non-hydrogen) atoms. The molecule has 1 saturated carbocycles. The van der Waals surface area contributed by atoms with Crippen LogP contribution >= 0.6 is 0 Å². The van der Waals surface area contributed by atoms with Crippen LogP contribution in [-0.2, 0) is 13.6 Å². The van der Waals surface area contributed by atoms with Crippen LogP contribution in [0.4, 0.5) is 0 Å².